The summed E-state index contributed by atoms with van der Waals surface area (Å²) in [6, 6.07) is 10.2. The third kappa shape index (κ3) is 3.63. The van der Waals surface area contributed by atoms with Crippen molar-refractivity contribution >= 4 is 11.9 Å². The first kappa shape index (κ1) is 21.1. The number of nitrogens with zero attached hydrogens (tertiary/aromatic N) is 5. The van der Waals surface area contributed by atoms with E-state index in [0.717, 1.165) is 6.20 Å². The number of rotatable bonds is 5. The van der Waals surface area contributed by atoms with Gasteiger partial charge in [-0.1, -0.05) is 6.07 Å². The highest BCUT2D eigenvalue weighted by atomic mass is 19.1. The van der Waals surface area contributed by atoms with Crippen LogP contribution in [0.5, 0.6) is 5.75 Å². The summed E-state index contributed by atoms with van der Waals surface area (Å²) < 4.78 is 20.9. The molecule has 3 aromatic rings. The smallest absolute Gasteiger partial charge is 0.255 e. The molecule has 0 unspecified atom stereocenters. The molecule has 3 heterocycles. The molecular formula is C24H24FN5O3. The van der Waals surface area contributed by atoms with Crippen LogP contribution in [-0.4, -0.2) is 58.6 Å². The SMILES string of the molecule is COc1cccc(C(=O)N2C[C@@H]3[C@H](C2)[C@H]3N(C)c2nc(-c3ccncc3F)cc(=O)n2C)c1. The summed E-state index contributed by atoms with van der Waals surface area (Å²) in [6.07, 6.45) is 2.58. The van der Waals surface area contributed by atoms with Gasteiger partial charge in [-0.3, -0.25) is 19.1 Å². The van der Waals surface area contributed by atoms with Gasteiger partial charge >= 0.3 is 0 Å². The van der Waals surface area contributed by atoms with Crippen LogP contribution in [0.3, 0.4) is 0 Å². The van der Waals surface area contributed by atoms with Crippen LogP contribution in [0.15, 0.2) is 53.6 Å². The number of carbonyl (C=O) groups is 1. The lowest BCUT2D eigenvalue weighted by Crippen LogP contribution is -2.38. The van der Waals surface area contributed by atoms with Gasteiger partial charge in [0, 0.05) is 68.5 Å². The van der Waals surface area contributed by atoms with E-state index in [1.165, 1.54) is 22.9 Å². The van der Waals surface area contributed by atoms with Gasteiger partial charge in [0.15, 0.2) is 5.82 Å². The van der Waals surface area contributed by atoms with E-state index in [2.05, 4.69) is 9.97 Å². The van der Waals surface area contributed by atoms with Gasteiger partial charge in [-0.2, -0.15) is 0 Å². The van der Waals surface area contributed by atoms with E-state index in [0.29, 0.717) is 42.2 Å². The maximum Gasteiger partial charge on any atom is 0.255 e. The molecule has 5 rings (SSSR count). The molecule has 2 aliphatic rings. The second-order valence-corrected chi connectivity index (χ2v) is 8.57. The number of aromatic nitrogens is 3. The molecule has 9 heteroatoms. The van der Waals surface area contributed by atoms with Gasteiger partial charge in [-0.05, 0) is 24.3 Å². The van der Waals surface area contributed by atoms with Crippen LogP contribution < -0.4 is 15.2 Å². The fraction of sp³-hybridized carbons (Fsp3) is 0.333. The molecule has 1 saturated carbocycles. The van der Waals surface area contributed by atoms with Crippen LogP contribution in [-0.2, 0) is 7.05 Å². The van der Waals surface area contributed by atoms with Gasteiger partial charge in [0.1, 0.15) is 5.75 Å². The zero-order valence-corrected chi connectivity index (χ0v) is 18.6. The monoisotopic (exact) mass is 449 g/mol. The van der Waals surface area contributed by atoms with Gasteiger partial charge in [-0.25, -0.2) is 9.37 Å². The summed E-state index contributed by atoms with van der Waals surface area (Å²) in [7, 11) is 5.13. The lowest BCUT2D eigenvalue weighted by molar-refractivity contribution is 0.0772. The Labute approximate surface area is 190 Å². The van der Waals surface area contributed by atoms with Crippen LogP contribution in [0.2, 0.25) is 0 Å². The largest absolute Gasteiger partial charge is 0.497 e. The topological polar surface area (TPSA) is 80.6 Å². The van der Waals surface area contributed by atoms with E-state index >= 15 is 0 Å². The number of amides is 1. The number of carbonyl (C=O) groups excluding carboxylic acids is 1. The Morgan fingerprint density at radius 2 is 1.97 bits per heavy atom. The second kappa shape index (κ2) is 7.99. The Morgan fingerprint density at radius 3 is 2.67 bits per heavy atom. The maximum absolute atomic E-state index is 14.2. The molecule has 33 heavy (non-hydrogen) atoms. The normalized spacial score (nSPS) is 21.0. The van der Waals surface area contributed by atoms with Crippen molar-refractivity contribution in [2.75, 3.05) is 32.1 Å². The molecule has 170 valence electrons. The van der Waals surface area contributed by atoms with Crippen molar-refractivity contribution < 1.29 is 13.9 Å². The summed E-state index contributed by atoms with van der Waals surface area (Å²) in [5.41, 5.74) is 0.860. The van der Waals surface area contributed by atoms with Gasteiger partial charge in [0.05, 0.1) is 19.0 Å². The highest BCUT2D eigenvalue weighted by molar-refractivity contribution is 5.95. The molecule has 1 saturated heterocycles. The Balaban J connectivity index is 1.34. The maximum atomic E-state index is 14.2. The Bertz CT molecular complexity index is 1280. The number of fused-ring (bicyclic) bond motifs is 1. The number of anilines is 1. The molecule has 2 fully saturated rings. The standard InChI is InChI=1S/C24H24FN5O3/c1-28-21(31)10-20(16-7-8-26-11-19(16)25)27-24(28)29(2)22-17-12-30(13-18(17)22)23(32)14-5-4-6-15(9-14)33-3/h4-11,17-18,22H,12-13H2,1-3H3/t17-,18+,22+. The van der Waals surface area contributed by atoms with Gasteiger partial charge in [0.25, 0.3) is 11.5 Å². The van der Waals surface area contributed by atoms with Gasteiger partial charge < -0.3 is 14.5 Å². The van der Waals surface area contributed by atoms with Crippen LogP contribution in [0, 0.1) is 17.7 Å². The molecule has 3 atom stereocenters. The number of ether oxygens (including phenoxy) is 1. The molecule has 0 bridgehead atoms. The van der Waals surface area contributed by atoms with Crippen molar-refractivity contribution in [1.29, 1.82) is 0 Å². The number of benzene rings is 1. The average molecular weight is 449 g/mol. The second-order valence-electron chi connectivity index (χ2n) is 8.57. The highest BCUT2D eigenvalue weighted by Crippen LogP contribution is 2.49. The van der Waals surface area contributed by atoms with E-state index in [1.807, 2.05) is 29.0 Å². The van der Waals surface area contributed by atoms with Crippen LogP contribution in [0.25, 0.3) is 11.3 Å². The predicted octanol–water partition coefficient (Wildman–Crippen LogP) is 2.20. The number of pyridine rings is 1. The summed E-state index contributed by atoms with van der Waals surface area (Å²) in [5.74, 6) is 1.18. The predicted molar refractivity (Wildman–Crippen MR) is 121 cm³/mol. The van der Waals surface area contributed by atoms with Gasteiger partial charge in [-0.15, -0.1) is 0 Å². The fourth-order valence-corrected chi connectivity index (χ4v) is 4.87. The van der Waals surface area contributed by atoms with Crippen molar-refractivity contribution in [1.82, 2.24) is 19.4 Å². The quantitative estimate of drug-likeness (QED) is 0.594. The lowest BCUT2D eigenvalue weighted by atomic mass is 10.2. The minimum Gasteiger partial charge on any atom is -0.497 e. The Kier molecular flexibility index (Phi) is 5.11. The number of piperidine rings is 1. The highest BCUT2D eigenvalue weighted by Gasteiger charge is 2.59. The molecule has 1 aliphatic carbocycles. The zero-order valence-electron chi connectivity index (χ0n) is 18.6. The third-order valence-corrected chi connectivity index (χ3v) is 6.68. The molecule has 0 N–H and O–H groups in total. The molecule has 1 aliphatic heterocycles. The fourth-order valence-electron chi connectivity index (χ4n) is 4.87. The van der Waals surface area contributed by atoms with Crippen molar-refractivity contribution in [3.63, 3.8) is 0 Å². The summed E-state index contributed by atoms with van der Waals surface area (Å²) in [4.78, 5) is 37.7. The molecule has 2 aromatic heterocycles. The van der Waals surface area contributed by atoms with E-state index in [9.17, 15) is 14.0 Å². The Hall–Kier alpha value is -3.75. The summed E-state index contributed by atoms with van der Waals surface area (Å²) >= 11 is 0. The average Bonchev–Trinajstić information content (AvgIpc) is 3.33. The van der Waals surface area contributed by atoms with Crippen LogP contribution in [0.1, 0.15) is 10.4 Å². The lowest BCUT2D eigenvalue weighted by Gasteiger charge is -2.26. The first-order valence-electron chi connectivity index (χ1n) is 10.7. The summed E-state index contributed by atoms with van der Waals surface area (Å²) in [5, 5.41) is 0. The van der Waals surface area contributed by atoms with Crippen molar-refractivity contribution in [3.8, 4) is 17.0 Å². The Morgan fingerprint density at radius 1 is 1.21 bits per heavy atom. The molecule has 1 aromatic carbocycles. The van der Waals surface area contributed by atoms with Crippen molar-refractivity contribution in [3.05, 3.63) is 70.5 Å². The molecule has 8 nitrogen and oxygen atoms in total. The van der Waals surface area contributed by atoms with Gasteiger partial charge in [0.2, 0.25) is 5.95 Å². The molecular weight excluding hydrogens is 425 g/mol. The van der Waals surface area contributed by atoms with Crippen molar-refractivity contribution in [2.24, 2.45) is 18.9 Å². The number of hydrogen-bond acceptors (Lipinski definition) is 6. The summed E-state index contributed by atoms with van der Waals surface area (Å²) in [6.45, 7) is 1.28. The van der Waals surface area contributed by atoms with Crippen LogP contribution in [0.4, 0.5) is 10.3 Å². The third-order valence-electron chi connectivity index (χ3n) is 6.68. The number of halogens is 1. The molecule has 1 amide bonds. The van der Waals surface area contributed by atoms with E-state index in [4.69, 9.17) is 4.74 Å². The van der Waals surface area contributed by atoms with E-state index in [-0.39, 0.29) is 28.8 Å². The zero-order chi connectivity index (χ0) is 23.3. The minimum atomic E-state index is -0.526. The molecule has 0 radical (unpaired) electrons. The van der Waals surface area contributed by atoms with Crippen molar-refractivity contribution in [2.45, 2.75) is 6.04 Å². The van der Waals surface area contributed by atoms with E-state index in [1.54, 1.807) is 26.3 Å². The number of methoxy groups -OCH3 is 1. The number of likely N-dealkylation sites (tertiary alicyclic amines) is 1. The number of hydrogen-bond donors (Lipinski definition) is 0. The van der Waals surface area contributed by atoms with E-state index < -0.39 is 5.82 Å². The molecule has 0 spiro atoms. The first-order chi connectivity index (χ1) is 15.9. The first-order valence-corrected chi connectivity index (χ1v) is 10.7. The van der Waals surface area contributed by atoms with Crippen LogP contribution >= 0.6 is 0 Å². The minimum absolute atomic E-state index is 0.0109.